The van der Waals surface area contributed by atoms with Gasteiger partial charge in [0.2, 0.25) is 0 Å². The van der Waals surface area contributed by atoms with Crippen molar-refractivity contribution < 1.29 is 9.84 Å². The van der Waals surface area contributed by atoms with Gasteiger partial charge in [0.05, 0.1) is 18.3 Å². The molecule has 3 rings (SSSR count). The molecule has 3 nitrogen and oxygen atoms in total. The lowest BCUT2D eigenvalue weighted by Gasteiger charge is -2.54. The summed E-state index contributed by atoms with van der Waals surface area (Å²) < 4.78 is 6.24. The third-order valence-electron chi connectivity index (χ3n) is 5.33. The van der Waals surface area contributed by atoms with Crippen LogP contribution in [0.15, 0.2) is 12.2 Å². The number of aliphatic hydroxyl groups is 1. The lowest BCUT2D eigenvalue weighted by Crippen LogP contribution is -2.60. The number of likely N-dealkylation sites (tertiary alicyclic amines) is 1. The predicted molar refractivity (Wildman–Crippen MR) is 71.4 cm³/mol. The first-order valence-electron chi connectivity index (χ1n) is 7.36. The molecular formula is C15H25NO2. The summed E-state index contributed by atoms with van der Waals surface area (Å²) in [5.74, 6) is 0.611. The fourth-order valence-electron chi connectivity index (χ4n) is 4.31. The van der Waals surface area contributed by atoms with Crippen LogP contribution in [0.3, 0.4) is 0 Å². The molecule has 18 heavy (non-hydrogen) atoms. The number of nitrogens with zero attached hydrogens (tertiary/aromatic N) is 1. The van der Waals surface area contributed by atoms with E-state index in [0.29, 0.717) is 18.0 Å². The maximum absolute atomic E-state index is 9.31. The Morgan fingerprint density at radius 2 is 2.17 bits per heavy atom. The summed E-state index contributed by atoms with van der Waals surface area (Å²) in [7, 11) is 2.27. The van der Waals surface area contributed by atoms with Gasteiger partial charge >= 0.3 is 0 Å². The van der Waals surface area contributed by atoms with Crippen LogP contribution >= 0.6 is 0 Å². The van der Waals surface area contributed by atoms with E-state index in [4.69, 9.17) is 4.74 Å². The van der Waals surface area contributed by atoms with Crippen LogP contribution < -0.4 is 0 Å². The lowest BCUT2D eigenvalue weighted by atomic mass is 9.67. The molecule has 0 bridgehead atoms. The van der Waals surface area contributed by atoms with Crippen LogP contribution in [0.2, 0.25) is 0 Å². The van der Waals surface area contributed by atoms with Crippen molar-refractivity contribution in [2.24, 2.45) is 5.92 Å². The smallest absolute Gasteiger partial charge is 0.0999 e. The van der Waals surface area contributed by atoms with Crippen LogP contribution in [-0.4, -0.2) is 47.4 Å². The molecular weight excluding hydrogens is 226 g/mol. The third-order valence-corrected chi connectivity index (χ3v) is 5.33. The molecule has 1 aliphatic carbocycles. The van der Waals surface area contributed by atoms with Crippen LogP contribution in [0, 0.1) is 5.92 Å². The van der Waals surface area contributed by atoms with Crippen LogP contribution in [0.5, 0.6) is 0 Å². The third kappa shape index (κ3) is 1.84. The number of hydrogen-bond acceptors (Lipinski definition) is 3. The van der Waals surface area contributed by atoms with Gasteiger partial charge in [0.25, 0.3) is 0 Å². The van der Waals surface area contributed by atoms with Gasteiger partial charge in [0, 0.05) is 18.0 Å². The molecule has 0 aromatic rings. The summed E-state index contributed by atoms with van der Waals surface area (Å²) in [6.07, 6.45) is 10.6. The summed E-state index contributed by atoms with van der Waals surface area (Å²) in [5.41, 5.74) is -0.0928. The Morgan fingerprint density at radius 3 is 2.89 bits per heavy atom. The molecule has 102 valence electrons. The Morgan fingerprint density at radius 1 is 1.39 bits per heavy atom. The molecule has 0 amide bonds. The second-order valence-electron chi connectivity index (χ2n) is 6.33. The molecule has 0 radical (unpaired) electrons. The van der Waals surface area contributed by atoms with E-state index in [1.807, 2.05) is 0 Å². The second kappa shape index (κ2) is 4.62. The Labute approximate surface area is 110 Å². The Hall–Kier alpha value is -0.380. The SMILES string of the molecule is CC1CC2(C=CC(CO)O2)C2CCCCC2N1C. The molecule has 0 aromatic carbocycles. The minimum absolute atomic E-state index is 0.0804. The topological polar surface area (TPSA) is 32.7 Å². The number of fused-ring (bicyclic) bond motifs is 2. The highest BCUT2D eigenvalue weighted by molar-refractivity contribution is 5.19. The van der Waals surface area contributed by atoms with Crippen molar-refractivity contribution in [1.82, 2.24) is 4.90 Å². The van der Waals surface area contributed by atoms with Crippen molar-refractivity contribution in [3.05, 3.63) is 12.2 Å². The van der Waals surface area contributed by atoms with Crippen molar-refractivity contribution in [3.63, 3.8) is 0 Å². The Bertz CT molecular complexity index is 343. The van der Waals surface area contributed by atoms with E-state index in [-0.39, 0.29) is 18.3 Å². The Kier molecular flexibility index (Phi) is 3.25. The molecule has 1 saturated carbocycles. The molecule has 1 saturated heterocycles. The first-order valence-corrected chi connectivity index (χ1v) is 7.36. The van der Waals surface area contributed by atoms with Crippen LogP contribution in [0.4, 0.5) is 0 Å². The number of piperidine rings is 1. The van der Waals surface area contributed by atoms with Crippen molar-refractivity contribution in [3.8, 4) is 0 Å². The van der Waals surface area contributed by atoms with Gasteiger partial charge in [0.1, 0.15) is 0 Å². The average molecular weight is 251 g/mol. The standard InChI is InChI=1S/C15H25NO2/c1-11-9-15(8-7-12(10-17)18-15)13-5-3-4-6-14(13)16(11)2/h7-8,11-14,17H,3-6,9-10H2,1-2H3. The second-order valence-corrected chi connectivity index (χ2v) is 6.33. The molecule has 2 fully saturated rings. The highest BCUT2D eigenvalue weighted by atomic mass is 16.5. The number of aliphatic hydroxyl groups excluding tert-OH is 1. The molecule has 1 N–H and O–H groups in total. The van der Waals surface area contributed by atoms with Gasteiger partial charge < -0.3 is 14.7 Å². The van der Waals surface area contributed by atoms with Crippen LogP contribution in [0.25, 0.3) is 0 Å². The largest absolute Gasteiger partial charge is 0.393 e. The molecule has 0 aromatic heterocycles. The van der Waals surface area contributed by atoms with Crippen LogP contribution in [-0.2, 0) is 4.74 Å². The molecule has 5 unspecified atom stereocenters. The van der Waals surface area contributed by atoms with E-state index in [2.05, 4.69) is 31.0 Å². The first-order chi connectivity index (χ1) is 8.66. The van der Waals surface area contributed by atoms with Crippen molar-refractivity contribution in [1.29, 1.82) is 0 Å². The van der Waals surface area contributed by atoms with Crippen LogP contribution in [0.1, 0.15) is 39.0 Å². The van der Waals surface area contributed by atoms with E-state index in [9.17, 15) is 5.11 Å². The van der Waals surface area contributed by atoms with Gasteiger partial charge in [-0.2, -0.15) is 0 Å². The highest BCUT2D eigenvalue weighted by Crippen LogP contribution is 2.48. The highest BCUT2D eigenvalue weighted by Gasteiger charge is 2.52. The average Bonchev–Trinajstić information content (AvgIpc) is 2.81. The van der Waals surface area contributed by atoms with Gasteiger partial charge in [-0.15, -0.1) is 0 Å². The fraction of sp³-hybridized carbons (Fsp3) is 0.867. The van der Waals surface area contributed by atoms with Gasteiger partial charge in [-0.05, 0) is 33.2 Å². The number of ether oxygens (including phenoxy) is 1. The molecule has 5 atom stereocenters. The monoisotopic (exact) mass is 251 g/mol. The fourth-order valence-corrected chi connectivity index (χ4v) is 4.31. The number of rotatable bonds is 1. The van der Waals surface area contributed by atoms with Gasteiger partial charge in [0.15, 0.2) is 0 Å². The normalized spacial score (nSPS) is 48.6. The van der Waals surface area contributed by atoms with E-state index in [1.165, 1.54) is 25.7 Å². The molecule has 2 aliphatic heterocycles. The van der Waals surface area contributed by atoms with E-state index < -0.39 is 0 Å². The summed E-state index contributed by atoms with van der Waals surface area (Å²) >= 11 is 0. The molecule has 3 heteroatoms. The van der Waals surface area contributed by atoms with E-state index >= 15 is 0 Å². The summed E-state index contributed by atoms with van der Waals surface area (Å²) in [4.78, 5) is 2.55. The van der Waals surface area contributed by atoms with Crippen molar-refractivity contribution in [2.45, 2.75) is 62.8 Å². The Balaban J connectivity index is 1.87. The summed E-state index contributed by atoms with van der Waals surface area (Å²) in [6.45, 7) is 2.41. The summed E-state index contributed by atoms with van der Waals surface area (Å²) in [5, 5.41) is 9.31. The lowest BCUT2D eigenvalue weighted by molar-refractivity contribution is -0.146. The summed E-state index contributed by atoms with van der Waals surface area (Å²) in [6, 6.07) is 1.22. The van der Waals surface area contributed by atoms with E-state index in [1.54, 1.807) is 0 Å². The zero-order chi connectivity index (χ0) is 12.8. The van der Waals surface area contributed by atoms with Crippen molar-refractivity contribution >= 4 is 0 Å². The quantitative estimate of drug-likeness (QED) is 0.723. The molecule has 3 aliphatic rings. The molecule has 1 spiro atoms. The minimum Gasteiger partial charge on any atom is -0.393 e. The van der Waals surface area contributed by atoms with Gasteiger partial charge in [-0.1, -0.05) is 25.0 Å². The maximum atomic E-state index is 9.31. The molecule has 2 heterocycles. The minimum atomic E-state index is -0.0928. The zero-order valence-corrected chi connectivity index (χ0v) is 11.5. The van der Waals surface area contributed by atoms with Gasteiger partial charge in [-0.3, -0.25) is 0 Å². The maximum Gasteiger partial charge on any atom is 0.0999 e. The predicted octanol–water partition coefficient (Wildman–Crippen LogP) is 1.96. The van der Waals surface area contributed by atoms with E-state index in [0.717, 1.165) is 6.42 Å². The first kappa shape index (κ1) is 12.6. The number of hydrogen-bond donors (Lipinski definition) is 1. The van der Waals surface area contributed by atoms with Crippen molar-refractivity contribution in [2.75, 3.05) is 13.7 Å². The van der Waals surface area contributed by atoms with Gasteiger partial charge in [-0.25, -0.2) is 0 Å². The zero-order valence-electron chi connectivity index (χ0n) is 11.5.